The largest absolute Gasteiger partial charge is 0.416 e. The molecule has 2 fully saturated rings. The summed E-state index contributed by atoms with van der Waals surface area (Å²) in [4.78, 5) is 61.3. The lowest BCUT2D eigenvalue weighted by atomic mass is 10.0. The predicted octanol–water partition coefficient (Wildman–Crippen LogP) is 5.43. The molecule has 8 rings (SSSR count). The number of imidazole rings is 1. The van der Waals surface area contributed by atoms with Crippen LogP contribution in [-0.4, -0.2) is 137 Å². The van der Waals surface area contributed by atoms with Crippen molar-refractivity contribution in [3.05, 3.63) is 124 Å². The monoisotopic (exact) mass is 952 g/mol. The van der Waals surface area contributed by atoms with Crippen molar-refractivity contribution in [2.24, 2.45) is 0 Å². The number of imide groups is 1. The van der Waals surface area contributed by atoms with Crippen molar-refractivity contribution in [1.82, 2.24) is 34.6 Å². The maximum atomic E-state index is 14.4. The number of nitrogens with one attached hydrogen (secondary N) is 2. The molecule has 68 heavy (non-hydrogen) atoms. The van der Waals surface area contributed by atoms with Crippen LogP contribution in [-0.2, 0) is 43.1 Å². The molecule has 1 atom stereocenters. The first-order valence-corrected chi connectivity index (χ1v) is 23.4. The van der Waals surface area contributed by atoms with Crippen molar-refractivity contribution in [2.75, 3.05) is 83.4 Å². The molecule has 15 nitrogen and oxygen atoms in total. The molecule has 5 aromatic rings. The molecule has 3 aliphatic heterocycles. The number of ether oxygens (including phenoxy) is 3. The van der Waals surface area contributed by atoms with E-state index in [0.29, 0.717) is 114 Å². The number of alkyl halides is 3. The number of thioether (sulfide) groups is 1. The van der Waals surface area contributed by atoms with E-state index in [1.165, 1.54) is 12.1 Å². The summed E-state index contributed by atoms with van der Waals surface area (Å²) >= 11 is 1.59. The first kappa shape index (κ1) is 48.3. The Kier molecular flexibility index (Phi) is 15.9. The third-order valence-electron chi connectivity index (χ3n) is 12.0. The number of carbonyl (C=O) groups is 4. The van der Waals surface area contributed by atoms with E-state index in [-0.39, 0.29) is 41.6 Å². The van der Waals surface area contributed by atoms with Gasteiger partial charge in [-0.3, -0.25) is 34.3 Å². The van der Waals surface area contributed by atoms with Gasteiger partial charge in [0.05, 0.1) is 51.4 Å². The molecule has 2 saturated heterocycles. The fourth-order valence-corrected chi connectivity index (χ4v) is 9.20. The fourth-order valence-electron chi connectivity index (χ4n) is 8.25. The van der Waals surface area contributed by atoms with Gasteiger partial charge in [0.25, 0.3) is 11.8 Å². The zero-order chi connectivity index (χ0) is 47.6. The third-order valence-corrected chi connectivity index (χ3v) is 13.0. The van der Waals surface area contributed by atoms with Crippen LogP contribution in [0.1, 0.15) is 67.1 Å². The Hall–Kier alpha value is -6.14. The van der Waals surface area contributed by atoms with Gasteiger partial charge < -0.3 is 24.4 Å². The highest BCUT2D eigenvalue weighted by molar-refractivity contribution is 7.99. The fraction of sp³-hybridized carbons (Fsp3) is 0.388. The Balaban J connectivity index is 0.697. The van der Waals surface area contributed by atoms with Gasteiger partial charge in [0.15, 0.2) is 5.65 Å². The second kappa shape index (κ2) is 22.3. The summed E-state index contributed by atoms with van der Waals surface area (Å²) < 4.78 is 61.9. The molecule has 2 N–H and O–H groups in total. The molecule has 0 spiro atoms. The van der Waals surface area contributed by atoms with Crippen LogP contribution in [0.25, 0.3) is 5.65 Å². The molecule has 0 radical (unpaired) electrons. The number of benzene rings is 3. The van der Waals surface area contributed by atoms with E-state index in [1.54, 1.807) is 63.9 Å². The second-order valence-corrected chi connectivity index (χ2v) is 17.7. The van der Waals surface area contributed by atoms with Crippen LogP contribution in [0.4, 0.5) is 18.9 Å². The first-order valence-electron chi connectivity index (χ1n) is 22.4. The van der Waals surface area contributed by atoms with Gasteiger partial charge in [-0.1, -0.05) is 24.1 Å². The van der Waals surface area contributed by atoms with Crippen LogP contribution in [0.15, 0.2) is 84.0 Å². The molecule has 0 saturated carbocycles. The van der Waals surface area contributed by atoms with Gasteiger partial charge in [-0.25, -0.2) is 9.50 Å². The highest BCUT2D eigenvalue weighted by atomic mass is 32.2. The van der Waals surface area contributed by atoms with Crippen molar-refractivity contribution in [2.45, 2.75) is 50.0 Å². The van der Waals surface area contributed by atoms with E-state index in [4.69, 9.17) is 14.2 Å². The number of aromatic nitrogens is 3. The Labute approximate surface area is 395 Å². The van der Waals surface area contributed by atoms with Gasteiger partial charge in [-0.05, 0) is 84.5 Å². The van der Waals surface area contributed by atoms with Gasteiger partial charge in [0.2, 0.25) is 11.8 Å². The van der Waals surface area contributed by atoms with Gasteiger partial charge in [-0.15, -0.1) is 11.8 Å². The Morgan fingerprint density at radius 2 is 1.66 bits per heavy atom. The maximum Gasteiger partial charge on any atom is 0.416 e. The predicted molar refractivity (Wildman–Crippen MR) is 247 cm³/mol. The summed E-state index contributed by atoms with van der Waals surface area (Å²) in [6.45, 7) is 8.23. The molecule has 2 aromatic heterocycles. The molecule has 19 heteroatoms. The van der Waals surface area contributed by atoms with Crippen molar-refractivity contribution in [3.63, 3.8) is 0 Å². The van der Waals surface area contributed by atoms with Gasteiger partial charge in [0.1, 0.15) is 11.7 Å². The minimum atomic E-state index is -4.62. The number of piperazine rings is 1. The maximum absolute atomic E-state index is 14.4. The van der Waals surface area contributed by atoms with Crippen molar-refractivity contribution in [3.8, 4) is 11.8 Å². The quantitative estimate of drug-likeness (QED) is 0.0498. The number of rotatable bonds is 18. The molecule has 3 aliphatic rings. The Bertz CT molecular complexity index is 2710. The van der Waals surface area contributed by atoms with Crippen LogP contribution in [0.3, 0.4) is 0 Å². The first-order chi connectivity index (χ1) is 32.9. The lowest BCUT2D eigenvalue weighted by molar-refractivity contribution is -0.139. The summed E-state index contributed by atoms with van der Waals surface area (Å²) in [6.07, 6.45) is -0.846. The van der Waals surface area contributed by atoms with E-state index < -0.39 is 29.6 Å². The summed E-state index contributed by atoms with van der Waals surface area (Å²) in [5.41, 5.74) is 3.77. The third kappa shape index (κ3) is 12.1. The van der Waals surface area contributed by atoms with Crippen molar-refractivity contribution < 1.29 is 46.6 Å². The van der Waals surface area contributed by atoms with E-state index in [0.717, 1.165) is 22.1 Å². The van der Waals surface area contributed by atoms with Gasteiger partial charge >= 0.3 is 6.18 Å². The number of piperidine rings is 1. The molecule has 0 aliphatic carbocycles. The SMILES string of the molecule is Cc1ccc(C(=O)Nc2ccc(CN3CCN(CCOCCOCCOCCSc4cccc5c4CN(C4CCC(=O)NC4=O)C5=O)CC3)c(C(F)(F)F)c2)cc1C#Cc1cnc2cccnn12. The van der Waals surface area contributed by atoms with Crippen LogP contribution in [0.2, 0.25) is 0 Å². The number of amides is 4. The number of fused-ring (bicyclic) bond motifs is 2. The van der Waals surface area contributed by atoms with E-state index in [9.17, 15) is 32.3 Å². The highest BCUT2D eigenvalue weighted by Gasteiger charge is 2.40. The summed E-state index contributed by atoms with van der Waals surface area (Å²) in [7, 11) is 0. The average Bonchev–Trinajstić information content (AvgIpc) is 3.90. The second-order valence-electron chi connectivity index (χ2n) is 16.5. The number of anilines is 1. The summed E-state index contributed by atoms with van der Waals surface area (Å²) in [5.74, 6) is 5.29. The van der Waals surface area contributed by atoms with E-state index in [1.807, 2.05) is 30.0 Å². The van der Waals surface area contributed by atoms with E-state index in [2.05, 4.69) is 37.5 Å². The van der Waals surface area contributed by atoms with Crippen LogP contribution < -0.4 is 10.6 Å². The number of halogens is 3. The normalized spacial score (nSPS) is 16.7. The number of hydrogen-bond donors (Lipinski definition) is 2. The van der Waals surface area contributed by atoms with Gasteiger partial charge in [0, 0.05) is 91.5 Å². The number of hydrogen-bond acceptors (Lipinski definition) is 12. The van der Waals surface area contributed by atoms with E-state index >= 15 is 0 Å². The zero-order valence-corrected chi connectivity index (χ0v) is 38.3. The van der Waals surface area contributed by atoms with Crippen molar-refractivity contribution >= 4 is 46.7 Å². The Morgan fingerprint density at radius 1 is 0.897 bits per heavy atom. The molecular formula is C49H51F3N8O7S. The molecule has 3 aromatic carbocycles. The smallest absolute Gasteiger partial charge is 0.378 e. The minimum Gasteiger partial charge on any atom is -0.378 e. The summed E-state index contributed by atoms with van der Waals surface area (Å²) in [6, 6.07) is 17.4. The van der Waals surface area contributed by atoms with Gasteiger partial charge in [-0.2, -0.15) is 18.3 Å². The van der Waals surface area contributed by atoms with Crippen LogP contribution in [0.5, 0.6) is 0 Å². The lowest BCUT2D eigenvalue weighted by Crippen LogP contribution is -2.52. The van der Waals surface area contributed by atoms with Crippen molar-refractivity contribution in [1.29, 1.82) is 0 Å². The number of carbonyl (C=O) groups excluding carboxylic acids is 4. The number of nitrogens with zero attached hydrogens (tertiary/aromatic N) is 6. The topological polar surface area (TPSA) is 160 Å². The summed E-state index contributed by atoms with van der Waals surface area (Å²) in [5, 5.41) is 9.23. The Morgan fingerprint density at radius 3 is 2.44 bits per heavy atom. The molecule has 356 valence electrons. The number of aryl methyl sites for hydroxylation is 1. The van der Waals surface area contributed by atoms with Crippen LogP contribution >= 0.6 is 11.8 Å². The standard InChI is InChI=1S/C49H51F3N8O7S/c1-33-7-8-35(28-34(33)10-12-38-30-53-44-6-3-15-54-60(38)44)46(62)55-37-11-9-36(41(29-37)49(50,51)52)31-58-18-16-57(17-19-58)20-21-65-22-23-66-24-25-67-26-27-68-43-5-2-4-39-40(43)32-59(48(39)64)42-13-14-45(61)56-47(42)63/h2-9,11,15,28-30,42H,13-14,16-27,31-32H2,1H3,(H,55,62)(H,56,61,63). The average molecular weight is 953 g/mol. The highest BCUT2D eigenvalue weighted by Crippen LogP contribution is 2.36. The molecule has 1 unspecified atom stereocenters. The van der Waals surface area contributed by atoms with Crippen LogP contribution in [0, 0.1) is 18.8 Å². The molecule has 0 bridgehead atoms. The molecule has 4 amide bonds. The minimum absolute atomic E-state index is 0.0435. The molecule has 5 heterocycles. The lowest BCUT2D eigenvalue weighted by Gasteiger charge is -2.35. The zero-order valence-electron chi connectivity index (χ0n) is 37.5. The molecular weight excluding hydrogens is 902 g/mol.